The van der Waals surface area contributed by atoms with Gasteiger partial charge in [-0.2, -0.15) is 0 Å². The van der Waals surface area contributed by atoms with Crippen molar-refractivity contribution in [3.8, 4) is 0 Å². The standard InChI is InChI=1S/C11H13ClINO2S/c1-2-16-11(15)14-5-3-7-8(4-6-14)17-10(13)9(7)12/h2-6H2,1H3. The third-order valence-electron chi connectivity index (χ3n) is 2.75. The third kappa shape index (κ3) is 2.88. The van der Waals surface area contributed by atoms with Gasteiger partial charge in [-0.1, -0.05) is 11.6 Å². The van der Waals surface area contributed by atoms with E-state index >= 15 is 0 Å². The Morgan fingerprint density at radius 2 is 2.24 bits per heavy atom. The van der Waals surface area contributed by atoms with Gasteiger partial charge in [-0.25, -0.2) is 4.79 Å². The number of hydrogen-bond donors (Lipinski definition) is 0. The molecule has 17 heavy (non-hydrogen) atoms. The first-order valence-corrected chi connectivity index (χ1v) is 7.78. The van der Waals surface area contributed by atoms with Gasteiger partial charge in [0.25, 0.3) is 0 Å². The Morgan fingerprint density at radius 1 is 1.53 bits per heavy atom. The maximum absolute atomic E-state index is 11.6. The Bertz CT molecular complexity index is 435. The molecule has 0 fully saturated rings. The topological polar surface area (TPSA) is 29.5 Å². The molecule has 1 aromatic heterocycles. The molecule has 0 aliphatic carbocycles. The zero-order valence-electron chi connectivity index (χ0n) is 9.46. The van der Waals surface area contributed by atoms with E-state index < -0.39 is 0 Å². The summed E-state index contributed by atoms with van der Waals surface area (Å²) >= 11 is 10.3. The molecule has 0 radical (unpaired) electrons. The molecule has 2 rings (SSSR count). The van der Waals surface area contributed by atoms with Crippen LogP contribution < -0.4 is 0 Å². The molecule has 1 aliphatic rings. The summed E-state index contributed by atoms with van der Waals surface area (Å²) in [4.78, 5) is 14.7. The second-order valence-electron chi connectivity index (χ2n) is 3.78. The Kier molecular flexibility index (Phi) is 4.54. The molecule has 0 N–H and O–H groups in total. The minimum Gasteiger partial charge on any atom is -0.450 e. The maximum Gasteiger partial charge on any atom is 0.409 e. The van der Waals surface area contributed by atoms with Crippen LogP contribution in [0.1, 0.15) is 17.4 Å². The van der Waals surface area contributed by atoms with E-state index in [9.17, 15) is 4.79 Å². The van der Waals surface area contributed by atoms with Gasteiger partial charge in [0, 0.05) is 18.0 Å². The van der Waals surface area contributed by atoms with E-state index in [1.165, 1.54) is 10.4 Å². The highest BCUT2D eigenvalue weighted by Gasteiger charge is 2.23. The minimum absolute atomic E-state index is 0.214. The fraction of sp³-hybridized carbons (Fsp3) is 0.545. The molecule has 6 heteroatoms. The fourth-order valence-electron chi connectivity index (χ4n) is 1.90. The van der Waals surface area contributed by atoms with E-state index in [1.54, 1.807) is 16.2 Å². The minimum atomic E-state index is -0.214. The second kappa shape index (κ2) is 5.75. The highest BCUT2D eigenvalue weighted by Crippen LogP contribution is 2.36. The van der Waals surface area contributed by atoms with Gasteiger partial charge in [-0.15, -0.1) is 11.3 Å². The van der Waals surface area contributed by atoms with Gasteiger partial charge in [0.05, 0.1) is 14.5 Å². The number of carbonyl (C=O) groups is 1. The summed E-state index contributed by atoms with van der Waals surface area (Å²) in [7, 11) is 0. The van der Waals surface area contributed by atoms with Crippen molar-refractivity contribution < 1.29 is 9.53 Å². The number of thiophene rings is 1. The lowest BCUT2D eigenvalue weighted by atomic mass is 10.2. The van der Waals surface area contributed by atoms with Gasteiger partial charge >= 0.3 is 6.09 Å². The third-order valence-corrected chi connectivity index (χ3v) is 5.88. The fourth-order valence-corrected chi connectivity index (χ4v) is 4.35. The largest absolute Gasteiger partial charge is 0.450 e. The summed E-state index contributed by atoms with van der Waals surface area (Å²) in [5.74, 6) is 0. The van der Waals surface area contributed by atoms with Crippen molar-refractivity contribution >= 4 is 51.6 Å². The molecule has 1 aromatic rings. The van der Waals surface area contributed by atoms with Crippen LogP contribution >= 0.6 is 45.5 Å². The molecule has 0 saturated heterocycles. The monoisotopic (exact) mass is 385 g/mol. The molecule has 94 valence electrons. The second-order valence-corrected chi connectivity index (χ2v) is 7.07. The lowest BCUT2D eigenvalue weighted by molar-refractivity contribution is 0.109. The molecule has 1 amide bonds. The van der Waals surface area contributed by atoms with Gasteiger partial charge in [0.1, 0.15) is 0 Å². The van der Waals surface area contributed by atoms with Crippen LogP contribution in [0.15, 0.2) is 0 Å². The van der Waals surface area contributed by atoms with E-state index in [2.05, 4.69) is 22.6 Å². The first-order valence-electron chi connectivity index (χ1n) is 5.50. The quantitative estimate of drug-likeness (QED) is 0.692. The Balaban J connectivity index is 2.10. The summed E-state index contributed by atoms with van der Waals surface area (Å²) in [6.07, 6.45) is 1.49. The van der Waals surface area contributed by atoms with E-state index in [1.807, 2.05) is 6.92 Å². The van der Waals surface area contributed by atoms with Crippen molar-refractivity contribution in [1.29, 1.82) is 0 Å². The molecule has 3 nitrogen and oxygen atoms in total. The average molecular weight is 386 g/mol. The Labute approximate surface area is 123 Å². The van der Waals surface area contributed by atoms with Crippen LogP contribution in [-0.4, -0.2) is 30.7 Å². The summed E-state index contributed by atoms with van der Waals surface area (Å²) in [6.45, 7) is 3.67. The molecule has 0 atom stereocenters. The SMILES string of the molecule is CCOC(=O)N1CCc2sc(I)c(Cl)c2CC1. The number of rotatable bonds is 1. The molecule has 0 saturated carbocycles. The number of amides is 1. The van der Waals surface area contributed by atoms with Crippen molar-refractivity contribution in [1.82, 2.24) is 4.90 Å². The zero-order valence-corrected chi connectivity index (χ0v) is 13.2. The lowest BCUT2D eigenvalue weighted by Gasteiger charge is -2.19. The van der Waals surface area contributed by atoms with Gasteiger partial charge in [0.15, 0.2) is 0 Å². The molecule has 2 heterocycles. The number of ether oxygens (including phenoxy) is 1. The molecule has 0 unspecified atom stereocenters. The van der Waals surface area contributed by atoms with Crippen LogP contribution in [0.5, 0.6) is 0 Å². The van der Waals surface area contributed by atoms with Crippen LogP contribution in [0.4, 0.5) is 4.79 Å². The molecule has 0 bridgehead atoms. The molecule has 0 aromatic carbocycles. The summed E-state index contributed by atoms with van der Waals surface area (Å²) in [6, 6.07) is 0. The molecule has 0 spiro atoms. The van der Waals surface area contributed by atoms with Crippen molar-refractivity contribution in [2.75, 3.05) is 19.7 Å². The lowest BCUT2D eigenvalue weighted by Crippen LogP contribution is -2.33. The van der Waals surface area contributed by atoms with Crippen molar-refractivity contribution in [2.45, 2.75) is 19.8 Å². The average Bonchev–Trinajstić information content (AvgIpc) is 2.50. The smallest absolute Gasteiger partial charge is 0.409 e. The molecular formula is C11H13ClINO2S. The van der Waals surface area contributed by atoms with Gasteiger partial charge < -0.3 is 9.64 Å². The highest BCUT2D eigenvalue weighted by molar-refractivity contribution is 14.1. The van der Waals surface area contributed by atoms with Gasteiger partial charge in [0.2, 0.25) is 0 Å². The predicted octanol–water partition coefficient (Wildman–Crippen LogP) is 3.56. The highest BCUT2D eigenvalue weighted by atomic mass is 127. The number of carbonyl (C=O) groups excluding carboxylic acids is 1. The normalized spacial score (nSPS) is 15.4. The first-order chi connectivity index (χ1) is 8.13. The van der Waals surface area contributed by atoms with Crippen molar-refractivity contribution in [2.24, 2.45) is 0 Å². The Hall–Kier alpha value is -0.0100. The van der Waals surface area contributed by atoms with Crippen LogP contribution in [-0.2, 0) is 17.6 Å². The molecular weight excluding hydrogens is 373 g/mol. The van der Waals surface area contributed by atoms with E-state index in [0.29, 0.717) is 13.2 Å². The molecule has 1 aliphatic heterocycles. The first kappa shape index (κ1) is 13.4. The zero-order chi connectivity index (χ0) is 12.4. The van der Waals surface area contributed by atoms with Gasteiger partial charge in [-0.3, -0.25) is 0 Å². The Morgan fingerprint density at radius 3 is 2.94 bits per heavy atom. The van der Waals surface area contributed by atoms with E-state index in [-0.39, 0.29) is 6.09 Å². The van der Waals surface area contributed by atoms with E-state index in [0.717, 1.165) is 27.3 Å². The number of nitrogens with zero attached hydrogens (tertiary/aromatic N) is 1. The summed E-state index contributed by atoms with van der Waals surface area (Å²) in [5.41, 5.74) is 1.22. The van der Waals surface area contributed by atoms with Crippen LogP contribution in [0.25, 0.3) is 0 Å². The number of halogens is 2. The summed E-state index contributed by atoms with van der Waals surface area (Å²) < 4.78 is 6.17. The maximum atomic E-state index is 11.6. The van der Waals surface area contributed by atoms with Crippen LogP contribution in [0, 0.1) is 2.88 Å². The number of fused-ring (bicyclic) bond motifs is 1. The summed E-state index contributed by atoms with van der Waals surface area (Å²) in [5, 5.41) is 0.872. The predicted molar refractivity (Wildman–Crippen MR) is 78.0 cm³/mol. The number of hydrogen-bond acceptors (Lipinski definition) is 3. The van der Waals surface area contributed by atoms with Crippen molar-refractivity contribution in [3.05, 3.63) is 18.3 Å². The van der Waals surface area contributed by atoms with Crippen LogP contribution in [0.2, 0.25) is 5.02 Å². The van der Waals surface area contributed by atoms with E-state index in [4.69, 9.17) is 16.3 Å². The van der Waals surface area contributed by atoms with Crippen molar-refractivity contribution in [3.63, 3.8) is 0 Å². The van der Waals surface area contributed by atoms with Gasteiger partial charge in [-0.05, 0) is 47.9 Å². The van der Waals surface area contributed by atoms with Crippen LogP contribution in [0.3, 0.4) is 0 Å².